The van der Waals surface area contributed by atoms with Crippen molar-refractivity contribution in [2.45, 2.75) is 33.3 Å². The lowest BCUT2D eigenvalue weighted by Crippen LogP contribution is -2.39. The second kappa shape index (κ2) is 8.46. The molecule has 0 unspecified atom stereocenters. The van der Waals surface area contributed by atoms with Crippen LogP contribution in [-0.4, -0.2) is 43.8 Å². The predicted octanol–water partition coefficient (Wildman–Crippen LogP) is 3.34. The lowest BCUT2D eigenvalue weighted by molar-refractivity contribution is 0.0657. The monoisotopic (exact) mass is 395 g/mol. The third-order valence-electron chi connectivity index (χ3n) is 5.45. The highest BCUT2D eigenvalue weighted by atomic mass is 16.5. The summed E-state index contributed by atoms with van der Waals surface area (Å²) in [6.45, 7) is 6.25. The molecule has 2 aromatic heterocycles. The van der Waals surface area contributed by atoms with E-state index in [0.29, 0.717) is 29.0 Å². The zero-order valence-corrected chi connectivity index (χ0v) is 16.7. The number of hydrogen-bond donors (Lipinski definition) is 0. The van der Waals surface area contributed by atoms with Crippen LogP contribution in [0.2, 0.25) is 0 Å². The number of ether oxygens (including phenoxy) is 1. The standard InChI is InChI=1S/C21H25N5O3/c1-15(2)16-7-9-25(10-8-16)21(27)20-11-19(29-24-20)12-28-18-5-3-17(4-6-18)26-14-22-13-23-26/h3-6,11,13-16H,7-10,12H2,1-2H3. The maximum Gasteiger partial charge on any atom is 0.276 e. The van der Waals surface area contributed by atoms with Gasteiger partial charge in [0.05, 0.1) is 5.69 Å². The molecule has 8 heteroatoms. The molecule has 1 aliphatic rings. The van der Waals surface area contributed by atoms with Gasteiger partial charge in [-0.15, -0.1) is 0 Å². The first-order valence-corrected chi connectivity index (χ1v) is 9.93. The largest absolute Gasteiger partial charge is 0.486 e. The molecule has 1 amide bonds. The lowest BCUT2D eigenvalue weighted by atomic mass is 9.86. The lowest BCUT2D eigenvalue weighted by Gasteiger charge is -2.33. The van der Waals surface area contributed by atoms with E-state index < -0.39 is 0 Å². The number of hydrogen-bond acceptors (Lipinski definition) is 6. The van der Waals surface area contributed by atoms with Gasteiger partial charge < -0.3 is 14.2 Å². The first kappa shape index (κ1) is 19.2. The molecule has 0 aliphatic carbocycles. The van der Waals surface area contributed by atoms with Crippen LogP contribution < -0.4 is 4.74 Å². The maximum atomic E-state index is 12.7. The van der Waals surface area contributed by atoms with E-state index in [9.17, 15) is 4.79 Å². The molecule has 3 heterocycles. The Labute approximate surface area is 169 Å². The van der Waals surface area contributed by atoms with Crippen molar-refractivity contribution in [3.63, 3.8) is 0 Å². The Morgan fingerprint density at radius 2 is 2.00 bits per heavy atom. The summed E-state index contributed by atoms with van der Waals surface area (Å²) < 4.78 is 12.7. The van der Waals surface area contributed by atoms with Crippen LogP contribution in [0.3, 0.4) is 0 Å². The zero-order chi connectivity index (χ0) is 20.2. The van der Waals surface area contributed by atoms with E-state index in [1.54, 1.807) is 17.1 Å². The molecule has 0 spiro atoms. The van der Waals surface area contributed by atoms with Crippen LogP contribution in [0.4, 0.5) is 0 Å². The van der Waals surface area contributed by atoms with E-state index in [4.69, 9.17) is 9.26 Å². The van der Waals surface area contributed by atoms with Gasteiger partial charge in [0.1, 0.15) is 25.0 Å². The summed E-state index contributed by atoms with van der Waals surface area (Å²) >= 11 is 0. The minimum atomic E-state index is -0.0700. The van der Waals surface area contributed by atoms with Crippen LogP contribution in [0, 0.1) is 11.8 Å². The first-order chi connectivity index (χ1) is 14.1. The molecule has 4 rings (SSSR count). The SMILES string of the molecule is CC(C)C1CCN(C(=O)c2cc(COc3ccc(-n4cncn4)cc3)on2)CC1. The van der Waals surface area contributed by atoms with E-state index >= 15 is 0 Å². The number of likely N-dealkylation sites (tertiary alicyclic amines) is 1. The molecule has 29 heavy (non-hydrogen) atoms. The zero-order valence-electron chi connectivity index (χ0n) is 16.7. The molecule has 0 radical (unpaired) electrons. The van der Waals surface area contributed by atoms with Crippen LogP contribution in [0.1, 0.15) is 42.9 Å². The van der Waals surface area contributed by atoms with Gasteiger partial charge in [-0.1, -0.05) is 19.0 Å². The number of nitrogens with zero attached hydrogens (tertiary/aromatic N) is 5. The molecule has 1 aliphatic heterocycles. The van der Waals surface area contributed by atoms with Gasteiger partial charge in [0.15, 0.2) is 11.5 Å². The summed E-state index contributed by atoms with van der Waals surface area (Å²) in [5.74, 6) is 2.49. The molecule has 0 N–H and O–H groups in total. The van der Waals surface area contributed by atoms with Gasteiger partial charge in [-0.05, 0) is 48.9 Å². The molecular weight excluding hydrogens is 370 g/mol. The Hall–Kier alpha value is -3.16. The predicted molar refractivity (Wildman–Crippen MR) is 106 cm³/mol. The van der Waals surface area contributed by atoms with Crippen molar-refractivity contribution in [2.75, 3.05) is 13.1 Å². The number of carbonyl (C=O) groups is 1. The van der Waals surface area contributed by atoms with Crippen molar-refractivity contribution in [3.8, 4) is 11.4 Å². The van der Waals surface area contributed by atoms with Crippen LogP contribution >= 0.6 is 0 Å². The number of benzene rings is 1. The second-order valence-electron chi connectivity index (χ2n) is 7.67. The van der Waals surface area contributed by atoms with Gasteiger partial charge in [-0.2, -0.15) is 5.10 Å². The van der Waals surface area contributed by atoms with E-state index in [2.05, 4.69) is 29.1 Å². The first-order valence-electron chi connectivity index (χ1n) is 9.93. The van der Waals surface area contributed by atoms with Gasteiger partial charge in [-0.3, -0.25) is 4.79 Å². The van der Waals surface area contributed by atoms with E-state index in [0.717, 1.165) is 31.6 Å². The molecule has 0 atom stereocenters. The van der Waals surface area contributed by atoms with Crippen molar-refractivity contribution < 1.29 is 14.1 Å². The summed E-state index contributed by atoms with van der Waals surface area (Å²) in [7, 11) is 0. The average Bonchev–Trinajstić information content (AvgIpc) is 3.44. The maximum absolute atomic E-state index is 12.7. The van der Waals surface area contributed by atoms with E-state index in [1.165, 1.54) is 6.33 Å². The molecular formula is C21H25N5O3. The van der Waals surface area contributed by atoms with Crippen molar-refractivity contribution in [2.24, 2.45) is 11.8 Å². The number of aromatic nitrogens is 4. The van der Waals surface area contributed by atoms with Gasteiger partial charge in [0.2, 0.25) is 0 Å². The quantitative estimate of drug-likeness (QED) is 0.636. The van der Waals surface area contributed by atoms with Crippen LogP contribution in [0.5, 0.6) is 5.75 Å². The molecule has 3 aromatic rings. The molecule has 1 saturated heterocycles. The van der Waals surface area contributed by atoms with Crippen LogP contribution in [0.25, 0.3) is 5.69 Å². The highest BCUT2D eigenvalue weighted by Crippen LogP contribution is 2.25. The molecule has 8 nitrogen and oxygen atoms in total. The summed E-state index contributed by atoms with van der Waals surface area (Å²) in [5.41, 5.74) is 1.23. The summed E-state index contributed by atoms with van der Waals surface area (Å²) in [6, 6.07) is 9.14. The number of carbonyl (C=O) groups excluding carboxylic acids is 1. The fourth-order valence-corrected chi connectivity index (χ4v) is 3.60. The Morgan fingerprint density at radius 3 is 2.66 bits per heavy atom. The molecule has 152 valence electrons. The fourth-order valence-electron chi connectivity index (χ4n) is 3.60. The van der Waals surface area contributed by atoms with Gasteiger partial charge >= 0.3 is 0 Å². The normalized spacial score (nSPS) is 15.1. The summed E-state index contributed by atoms with van der Waals surface area (Å²) in [4.78, 5) is 18.5. The summed E-state index contributed by atoms with van der Waals surface area (Å²) in [6.07, 6.45) is 5.21. The Morgan fingerprint density at radius 1 is 1.24 bits per heavy atom. The fraction of sp³-hybridized carbons (Fsp3) is 0.429. The van der Waals surface area contributed by atoms with Crippen LogP contribution in [0.15, 0.2) is 47.5 Å². The number of amides is 1. The number of rotatable bonds is 6. The molecule has 1 aromatic carbocycles. The summed E-state index contributed by atoms with van der Waals surface area (Å²) in [5, 5.41) is 8.03. The third kappa shape index (κ3) is 4.47. The van der Waals surface area contributed by atoms with Crippen LogP contribution in [-0.2, 0) is 6.61 Å². The minimum Gasteiger partial charge on any atom is -0.486 e. The Kier molecular flexibility index (Phi) is 5.59. The third-order valence-corrected chi connectivity index (χ3v) is 5.45. The Bertz CT molecular complexity index is 926. The van der Waals surface area contributed by atoms with Crippen molar-refractivity contribution in [1.29, 1.82) is 0 Å². The highest BCUT2D eigenvalue weighted by Gasteiger charge is 2.27. The smallest absolute Gasteiger partial charge is 0.276 e. The second-order valence-corrected chi connectivity index (χ2v) is 7.67. The number of piperidine rings is 1. The van der Waals surface area contributed by atoms with Crippen molar-refractivity contribution in [3.05, 3.63) is 54.4 Å². The minimum absolute atomic E-state index is 0.0700. The van der Waals surface area contributed by atoms with E-state index in [1.807, 2.05) is 29.2 Å². The molecule has 1 fully saturated rings. The van der Waals surface area contributed by atoms with Crippen molar-refractivity contribution >= 4 is 5.91 Å². The Balaban J connectivity index is 1.31. The average molecular weight is 395 g/mol. The van der Waals surface area contributed by atoms with E-state index in [-0.39, 0.29) is 12.5 Å². The van der Waals surface area contributed by atoms with Gasteiger partial charge in [0, 0.05) is 19.2 Å². The van der Waals surface area contributed by atoms with Crippen molar-refractivity contribution in [1.82, 2.24) is 24.8 Å². The molecule has 0 saturated carbocycles. The highest BCUT2D eigenvalue weighted by molar-refractivity contribution is 5.92. The topological polar surface area (TPSA) is 86.3 Å². The van der Waals surface area contributed by atoms with Gasteiger partial charge in [-0.25, -0.2) is 9.67 Å². The van der Waals surface area contributed by atoms with Gasteiger partial charge in [0.25, 0.3) is 5.91 Å². The molecule has 0 bridgehead atoms.